The lowest BCUT2D eigenvalue weighted by atomic mass is 9.79. The van der Waals surface area contributed by atoms with Gasteiger partial charge in [-0.15, -0.1) is 0 Å². The van der Waals surface area contributed by atoms with E-state index in [1.165, 1.54) is 64.3 Å². The van der Waals surface area contributed by atoms with Crippen molar-refractivity contribution in [3.8, 4) is 0 Å². The molecule has 3 fully saturated rings. The van der Waals surface area contributed by atoms with Crippen LogP contribution in [-0.2, 0) is 0 Å². The fourth-order valence-electron chi connectivity index (χ4n) is 5.74. The molecule has 4 rings (SSSR count). The van der Waals surface area contributed by atoms with E-state index in [1.54, 1.807) is 0 Å². The number of aromatic nitrogens is 2. The molecule has 0 bridgehead atoms. The number of rotatable bonds is 4. The standard InChI is InChI=1S/C23H39N5/c1-18-14-19(2)16-21(15-18)28-13-7-8-20(17-28)25-23-24-10-9-22(26-23)27-11-5-3-4-6-12-27/h9-10,18-21H,3-8,11-17H2,1-2H3,(H,24,25,26). The molecule has 1 aromatic rings. The lowest BCUT2D eigenvalue weighted by Crippen LogP contribution is -2.49. The van der Waals surface area contributed by atoms with Crippen LogP contribution in [0.25, 0.3) is 0 Å². The molecular weight excluding hydrogens is 346 g/mol. The van der Waals surface area contributed by atoms with Gasteiger partial charge in [0, 0.05) is 37.9 Å². The minimum atomic E-state index is 0.473. The number of hydrogen-bond donors (Lipinski definition) is 1. The summed E-state index contributed by atoms with van der Waals surface area (Å²) in [6.07, 6.45) is 13.9. The number of piperidine rings is 1. The van der Waals surface area contributed by atoms with E-state index >= 15 is 0 Å². The number of nitrogens with one attached hydrogen (secondary N) is 1. The first-order chi connectivity index (χ1) is 13.7. The number of nitrogens with zero attached hydrogens (tertiary/aromatic N) is 4. The summed E-state index contributed by atoms with van der Waals surface area (Å²) in [5, 5.41) is 3.68. The smallest absolute Gasteiger partial charge is 0.224 e. The second-order valence-electron chi connectivity index (χ2n) is 9.69. The van der Waals surface area contributed by atoms with Crippen LogP contribution < -0.4 is 10.2 Å². The zero-order valence-electron chi connectivity index (χ0n) is 17.9. The van der Waals surface area contributed by atoms with Crippen LogP contribution in [0, 0.1) is 11.8 Å². The van der Waals surface area contributed by atoms with Crippen LogP contribution in [0.5, 0.6) is 0 Å². The minimum absolute atomic E-state index is 0.473. The van der Waals surface area contributed by atoms with Gasteiger partial charge in [0.05, 0.1) is 0 Å². The van der Waals surface area contributed by atoms with Gasteiger partial charge < -0.3 is 10.2 Å². The molecule has 2 aliphatic heterocycles. The molecule has 2 saturated heterocycles. The summed E-state index contributed by atoms with van der Waals surface area (Å²) in [5.74, 6) is 3.66. The van der Waals surface area contributed by atoms with Gasteiger partial charge in [-0.3, -0.25) is 4.90 Å². The first-order valence-corrected chi connectivity index (χ1v) is 11.8. The second-order valence-corrected chi connectivity index (χ2v) is 9.69. The molecular formula is C23H39N5. The van der Waals surface area contributed by atoms with Gasteiger partial charge in [0.2, 0.25) is 5.95 Å². The molecule has 0 radical (unpaired) electrons. The van der Waals surface area contributed by atoms with Gasteiger partial charge in [-0.2, -0.15) is 4.98 Å². The second kappa shape index (κ2) is 9.43. The van der Waals surface area contributed by atoms with Crippen LogP contribution in [0.1, 0.15) is 71.6 Å². The highest BCUT2D eigenvalue weighted by Gasteiger charge is 2.31. The minimum Gasteiger partial charge on any atom is -0.356 e. The molecule has 5 nitrogen and oxygen atoms in total. The fourth-order valence-corrected chi connectivity index (χ4v) is 5.74. The number of likely N-dealkylation sites (tertiary alicyclic amines) is 1. The Kier molecular flexibility index (Phi) is 6.71. The normalized spacial score (nSPS) is 32.7. The maximum Gasteiger partial charge on any atom is 0.224 e. The molecule has 28 heavy (non-hydrogen) atoms. The molecule has 156 valence electrons. The number of anilines is 2. The summed E-state index contributed by atoms with van der Waals surface area (Å²) in [6.45, 7) is 9.53. The van der Waals surface area contributed by atoms with E-state index in [-0.39, 0.29) is 0 Å². The molecule has 3 aliphatic rings. The van der Waals surface area contributed by atoms with Crippen LogP contribution in [0.3, 0.4) is 0 Å². The third-order valence-electron chi connectivity index (χ3n) is 7.03. The van der Waals surface area contributed by atoms with Crippen molar-refractivity contribution in [2.75, 3.05) is 36.4 Å². The quantitative estimate of drug-likeness (QED) is 0.823. The summed E-state index contributed by atoms with van der Waals surface area (Å²) in [5.41, 5.74) is 0. The topological polar surface area (TPSA) is 44.3 Å². The van der Waals surface area contributed by atoms with E-state index in [1.807, 2.05) is 6.20 Å². The van der Waals surface area contributed by atoms with Crippen molar-refractivity contribution in [3.63, 3.8) is 0 Å². The number of hydrogen-bond acceptors (Lipinski definition) is 5. The molecule has 3 unspecified atom stereocenters. The molecule has 3 heterocycles. The largest absolute Gasteiger partial charge is 0.356 e. The molecule has 5 heteroatoms. The Hall–Kier alpha value is -1.36. The van der Waals surface area contributed by atoms with Crippen LogP contribution >= 0.6 is 0 Å². The van der Waals surface area contributed by atoms with Gasteiger partial charge in [-0.25, -0.2) is 4.98 Å². The molecule has 0 spiro atoms. The van der Waals surface area contributed by atoms with Crippen LogP contribution in [0.4, 0.5) is 11.8 Å². The Bertz CT molecular complexity index is 603. The summed E-state index contributed by atoms with van der Waals surface area (Å²) >= 11 is 0. The molecule has 0 amide bonds. The Morgan fingerprint density at radius 3 is 2.43 bits per heavy atom. The summed E-state index contributed by atoms with van der Waals surface area (Å²) in [4.78, 5) is 14.6. The van der Waals surface area contributed by atoms with E-state index in [0.29, 0.717) is 6.04 Å². The average molecular weight is 386 g/mol. The van der Waals surface area contributed by atoms with Crippen molar-refractivity contribution in [3.05, 3.63) is 12.3 Å². The Balaban J connectivity index is 1.36. The Labute approximate surface area is 171 Å². The van der Waals surface area contributed by atoms with E-state index in [2.05, 4.69) is 40.0 Å². The van der Waals surface area contributed by atoms with Crippen molar-refractivity contribution < 1.29 is 0 Å². The summed E-state index contributed by atoms with van der Waals surface area (Å²) in [7, 11) is 0. The van der Waals surface area contributed by atoms with Gasteiger partial charge in [-0.1, -0.05) is 26.7 Å². The molecule has 1 aromatic heterocycles. The maximum atomic E-state index is 4.88. The molecule has 1 aliphatic carbocycles. The zero-order chi connectivity index (χ0) is 19.3. The first-order valence-electron chi connectivity index (χ1n) is 11.8. The van der Waals surface area contributed by atoms with Gasteiger partial charge >= 0.3 is 0 Å². The molecule has 0 aromatic carbocycles. The van der Waals surface area contributed by atoms with E-state index in [0.717, 1.165) is 49.3 Å². The van der Waals surface area contributed by atoms with Crippen molar-refractivity contribution in [1.82, 2.24) is 14.9 Å². The van der Waals surface area contributed by atoms with Gasteiger partial charge in [0.25, 0.3) is 0 Å². The van der Waals surface area contributed by atoms with Crippen molar-refractivity contribution in [2.45, 2.75) is 83.7 Å². The fraction of sp³-hybridized carbons (Fsp3) is 0.826. The lowest BCUT2D eigenvalue weighted by Gasteiger charge is -2.43. The van der Waals surface area contributed by atoms with Crippen LogP contribution in [-0.4, -0.2) is 53.1 Å². The lowest BCUT2D eigenvalue weighted by molar-refractivity contribution is 0.0871. The Morgan fingerprint density at radius 2 is 1.68 bits per heavy atom. The summed E-state index contributed by atoms with van der Waals surface area (Å²) in [6, 6.07) is 3.32. The zero-order valence-corrected chi connectivity index (χ0v) is 17.9. The highest BCUT2D eigenvalue weighted by Crippen LogP contribution is 2.33. The first kappa shape index (κ1) is 19.9. The third-order valence-corrected chi connectivity index (χ3v) is 7.03. The predicted octanol–water partition coefficient (Wildman–Crippen LogP) is 4.56. The third kappa shape index (κ3) is 5.16. The monoisotopic (exact) mass is 385 g/mol. The molecule has 1 saturated carbocycles. The highest BCUT2D eigenvalue weighted by molar-refractivity contribution is 5.43. The van der Waals surface area contributed by atoms with E-state index in [4.69, 9.17) is 4.98 Å². The molecule has 1 N–H and O–H groups in total. The average Bonchev–Trinajstić information content (AvgIpc) is 2.97. The van der Waals surface area contributed by atoms with Gasteiger partial charge in [0.15, 0.2) is 0 Å². The van der Waals surface area contributed by atoms with Gasteiger partial charge in [0.1, 0.15) is 5.82 Å². The van der Waals surface area contributed by atoms with Gasteiger partial charge in [-0.05, 0) is 69.4 Å². The van der Waals surface area contributed by atoms with Crippen LogP contribution in [0.2, 0.25) is 0 Å². The van der Waals surface area contributed by atoms with Crippen molar-refractivity contribution in [2.24, 2.45) is 11.8 Å². The Morgan fingerprint density at radius 1 is 0.929 bits per heavy atom. The predicted molar refractivity (Wildman–Crippen MR) is 117 cm³/mol. The van der Waals surface area contributed by atoms with E-state index in [9.17, 15) is 0 Å². The van der Waals surface area contributed by atoms with E-state index < -0.39 is 0 Å². The molecule has 3 atom stereocenters. The SMILES string of the molecule is CC1CC(C)CC(N2CCCC(Nc3nccc(N4CCCCCC4)n3)C2)C1. The maximum absolute atomic E-state index is 4.88. The van der Waals surface area contributed by atoms with Crippen molar-refractivity contribution in [1.29, 1.82) is 0 Å². The van der Waals surface area contributed by atoms with Crippen molar-refractivity contribution >= 4 is 11.8 Å². The van der Waals surface area contributed by atoms with Crippen LogP contribution in [0.15, 0.2) is 12.3 Å². The summed E-state index contributed by atoms with van der Waals surface area (Å²) < 4.78 is 0. The highest BCUT2D eigenvalue weighted by atomic mass is 15.2.